The number of nitrogens with one attached hydrogen (secondary N) is 2. The first-order chi connectivity index (χ1) is 18.5. The van der Waals surface area contributed by atoms with E-state index in [2.05, 4.69) is 63.6 Å². The quantitative estimate of drug-likeness (QED) is 0.334. The molecule has 9 heteroatoms. The third kappa shape index (κ3) is 5.15. The van der Waals surface area contributed by atoms with Crippen molar-refractivity contribution in [2.45, 2.75) is 52.5 Å². The number of anilines is 3. The van der Waals surface area contributed by atoms with E-state index in [-0.39, 0.29) is 11.6 Å². The summed E-state index contributed by atoms with van der Waals surface area (Å²) in [5, 5.41) is 8.04. The van der Waals surface area contributed by atoms with Crippen LogP contribution in [0.5, 0.6) is 0 Å². The first-order valence-electron chi connectivity index (χ1n) is 13.7. The van der Waals surface area contributed by atoms with Crippen LogP contribution in [0.3, 0.4) is 0 Å². The summed E-state index contributed by atoms with van der Waals surface area (Å²) < 4.78 is 1.88. The van der Waals surface area contributed by atoms with E-state index in [9.17, 15) is 4.79 Å². The second-order valence-electron chi connectivity index (χ2n) is 10.1. The fourth-order valence-corrected chi connectivity index (χ4v) is 5.67. The van der Waals surface area contributed by atoms with Crippen LogP contribution in [0.25, 0.3) is 16.7 Å². The van der Waals surface area contributed by atoms with Gasteiger partial charge >= 0.3 is 0 Å². The molecule has 2 fully saturated rings. The van der Waals surface area contributed by atoms with Crippen LogP contribution in [0.4, 0.5) is 17.3 Å². The van der Waals surface area contributed by atoms with Crippen molar-refractivity contribution < 1.29 is 0 Å². The molecule has 2 aliphatic rings. The molecule has 1 aromatic carbocycles. The summed E-state index contributed by atoms with van der Waals surface area (Å²) in [4.78, 5) is 28.3. The Balaban J connectivity index is 1.48. The fourth-order valence-electron chi connectivity index (χ4n) is 5.67. The van der Waals surface area contributed by atoms with E-state index in [0.717, 1.165) is 75.2 Å². The Morgan fingerprint density at radius 2 is 1.84 bits per heavy atom. The lowest BCUT2D eigenvalue weighted by Crippen LogP contribution is -2.46. The predicted molar refractivity (Wildman–Crippen MR) is 156 cm³/mol. The van der Waals surface area contributed by atoms with Crippen LogP contribution in [0.2, 0.25) is 0 Å². The average Bonchev–Trinajstić information content (AvgIpc) is 3.47. The van der Waals surface area contributed by atoms with Crippen molar-refractivity contribution in [2.24, 2.45) is 5.10 Å². The first-order valence-corrected chi connectivity index (χ1v) is 13.7. The topological polar surface area (TPSA) is 90.7 Å². The summed E-state index contributed by atoms with van der Waals surface area (Å²) >= 11 is 0. The van der Waals surface area contributed by atoms with Crippen molar-refractivity contribution in [1.29, 1.82) is 0 Å². The van der Waals surface area contributed by atoms with Gasteiger partial charge in [0.15, 0.2) is 0 Å². The third-order valence-electron chi connectivity index (χ3n) is 7.86. The molecule has 0 radical (unpaired) electrons. The van der Waals surface area contributed by atoms with E-state index in [1.165, 1.54) is 5.69 Å². The molecule has 0 spiro atoms. The molecule has 0 bridgehead atoms. The van der Waals surface area contributed by atoms with Crippen molar-refractivity contribution in [1.82, 2.24) is 24.9 Å². The molecular formula is C29H38N8O. The minimum absolute atomic E-state index is 0.0646. The minimum atomic E-state index is -0.0646. The maximum atomic E-state index is 13.8. The predicted octanol–water partition coefficient (Wildman–Crippen LogP) is 4.67. The molecule has 9 nitrogen and oxygen atoms in total. The average molecular weight is 515 g/mol. The van der Waals surface area contributed by atoms with Crippen LogP contribution in [-0.2, 0) is 0 Å². The van der Waals surface area contributed by atoms with E-state index in [1.807, 2.05) is 30.6 Å². The number of piperazine rings is 1. The third-order valence-corrected chi connectivity index (χ3v) is 7.86. The second kappa shape index (κ2) is 11.3. The van der Waals surface area contributed by atoms with Crippen molar-refractivity contribution in [2.75, 3.05) is 42.9 Å². The highest BCUT2D eigenvalue weighted by Gasteiger charge is 2.24. The molecule has 0 amide bonds. The van der Waals surface area contributed by atoms with Crippen molar-refractivity contribution in [3.8, 4) is 0 Å². The highest BCUT2D eigenvalue weighted by atomic mass is 16.1. The molecule has 0 atom stereocenters. The Bertz CT molecular complexity index is 1380. The lowest BCUT2D eigenvalue weighted by Gasteiger charge is -2.35. The number of allylic oxidation sites excluding steroid dienone is 1. The number of likely N-dealkylation sites (N-methyl/N-ethyl adjacent to an activating group) is 1. The monoisotopic (exact) mass is 514 g/mol. The normalized spacial score (nSPS) is 17.2. The number of pyridine rings is 1. The molecule has 5 rings (SSSR count). The van der Waals surface area contributed by atoms with E-state index in [1.54, 1.807) is 0 Å². The molecule has 1 aliphatic carbocycles. The molecule has 3 aromatic rings. The SMILES string of the molecule is C=NN/C(=C\C)c1cc2c(C)nc(Nc3ccc(N4CCN(CC)CC4)cc3)nc2n(C2CCCC2)c1=O. The molecule has 38 heavy (non-hydrogen) atoms. The van der Waals surface area contributed by atoms with Gasteiger partial charge in [-0.1, -0.05) is 25.8 Å². The summed E-state index contributed by atoms with van der Waals surface area (Å²) in [5.74, 6) is 0.496. The Morgan fingerprint density at radius 3 is 2.47 bits per heavy atom. The summed E-state index contributed by atoms with van der Waals surface area (Å²) in [6.45, 7) is 15.0. The van der Waals surface area contributed by atoms with Crippen molar-refractivity contribution >= 4 is 40.8 Å². The summed E-state index contributed by atoms with van der Waals surface area (Å²) in [5.41, 5.74) is 7.64. The van der Waals surface area contributed by atoms with Gasteiger partial charge in [-0.05, 0) is 63.6 Å². The maximum Gasteiger partial charge on any atom is 0.261 e. The number of rotatable bonds is 8. The van der Waals surface area contributed by atoms with Gasteiger partial charge in [-0.2, -0.15) is 10.1 Å². The molecule has 200 valence electrons. The molecule has 1 saturated carbocycles. The number of aromatic nitrogens is 3. The minimum Gasteiger partial charge on any atom is -0.369 e. The van der Waals surface area contributed by atoms with Gasteiger partial charge in [-0.3, -0.25) is 14.8 Å². The molecular weight excluding hydrogens is 476 g/mol. The number of hydrogen-bond donors (Lipinski definition) is 2. The molecule has 2 N–H and O–H groups in total. The molecule has 3 heterocycles. The molecule has 2 aromatic heterocycles. The van der Waals surface area contributed by atoms with Gasteiger partial charge in [0, 0.05) is 55.7 Å². The van der Waals surface area contributed by atoms with Gasteiger partial charge in [0.2, 0.25) is 5.95 Å². The van der Waals surface area contributed by atoms with Crippen LogP contribution in [0.15, 0.2) is 46.3 Å². The largest absolute Gasteiger partial charge is 0.369 e. The summed E-state index contributed by atoms with van der Waals surface area (Å²) in [6, 6.07) is 10.4. The Hall–Kier alpha value is -3.72. The Labute approximate surface area is 224 Å². The number of benzene rings is 1. The standard InChI is InChI=1S/C29H38N8O/c1-5-26(34-30-4)25-19-24-20(3)31-29(33-27(24)37(28(25)38)23-9-7-8-10-23)32-21-11-13-22(14-12-21)36-17-15-35(6-2)16-18-36/h5,11-14,19,23,34H,4,6-10,15-18H2,1-3H3,(H,31,32,33)/b26-5-. The van der Waals surface area contributed by atoms with Gasteiger partial charge in [0.25, 0.3) is 5.56 Å². The highest BCUT2D eigenvalue weighted by Crippen LogP contribution is 2.32. The Morgan fingerprint density at radius 1 is 1.13 bits per heavy atom. The fraction of sp³-hybridized carbons (Fsp3) is 0.448. The number of hydrazone groups is 1. The van der Waals surface area contributed by atoms with Crippen molar-refractivity contribution in [3.05, 3.63) is 58.0 Å². The van der Waals surface area contributed by atoms with Crippen LogP contribution < -0.4 is 21.2 Å². The van der Waals surface area contributed by atoms with Crippen LogP contribution >= 0.6 is 0 Å². The lowest BCUT2D eigenvalue weighted by atomic mass is 10.1. The molecule has 1 saturated heterocycles. The summed E-state index contributed by atoms with van der Waals surface area (Å²) in [7, 11) is 0. The van der Waals surface area contributed by atoms with Gasteiger partial charge in [0.1, 0.15) is 5.65 Å². The number of fused-ring (bicyclic) bond motifs is 1. The van der Waals surface area contributed by atoms with Crippen LogP contribution in [-0.4, -0.2) is 58.9 Å². The van der Waals surface area contributed by atoms with Gasteiger partial charge < -0.3 is 15.1 Å². The second-order valence-corrected chi connectivity index (χ2v) is 10.1. The van der Waals surface area contributed by atoms with E-state index < -0.39 is 0 Å². The number of nitrogens with zero attached hydrogens (tertiary/aromatic N) is 6. The van der Waals surface area contributed by atoms with Gasteiger partial charge in [-0.25, -0.2) is 4.98 Å². The zero-order chi connectivity index (χ0) is 26.6. The van der Waals surface area contributed by atoms with E-state index in [4.69, 9.17) is 9.97 Å². The van der Waals surface area contributed by atoms with E-state index >= 15 is 0 Å². The maximum absolute atomic E-state index is 13.8. The molecule has 1 aliphatic heterocycles. The van der Waals surface area contributed by atoms with Crippen molar-refractivity contribution in [3.63, 3.8) is 0 Å². The lowest BCUT2D eigenvalue weighted by molar-refractivity contribution is 0.271. The Kier molecular flexibility index (Phi) is 7.74. The van der Waals surface area contributed by atoms with Crippen LogP contribution in [0.1, 0.15) is 56.8 Å². The highest BCUT2D eigenvalue weighted by molar-refractivity contribution is 5.83. The zero-order valence-electron chi connectivity index (χ0n) is 22.7. The zero-order valence-corrected chi connectivity index (χ0v) is 22.7. The van der Waals surface area contributed by atoms with Gasteiger partial charge in [0.05, 0.1) is 17.0 Å². The molecule has 0 unspecified atom stereocenters. The number of hydrogen-bond acceptors (Lipinski definition) is 8. The number of aryl methyl sites for hydroxylation is 1. The first kappa shape index (κ1) is 25.9. The smallest absolute Gasteiger partial charge is 0.261 e. The van der Waals surface area contributed by atoms with Crippen LogP contribution in [0, 0.1) is 6.92 Å². The van der Waals surface area contributed by atoms with Gasteiger partial charge in [-0.15, -0.1) is 0 Å². The van der Waals surface area contributed by atoms with E-state index in [0.29, 0.717) is 22.9 Å². The summed E-state index contributed by atoms with van der Waals surface area (Å²) in [6.07, 6.45) is 6.00.